The molecule has 4 heteroatoms. The molecule has 2 saturated heterocycles. The highest BCUT2D eigenvalue weighted by Gasteiger charge is 2.43. The summed E-state index contributed by atoms with van der Waals surface area (Å²) in [5, 5.41) is 3.32. The number of carbonyl (C=O) groups excluding carboxylic acids is 1. The SMILES string of the molecule is CCC1NC(C)C(=O)N1C1CCOC1C. The van der Waals surface area contributed by atoms with Crippen molar-refractivity contribution in [1.29, 1.82) is 0 Å². The highest BCUT2D eigenvalue weighted by atomic mass is 16.5. The van der Waals surface area contributed by atoms with Gasteiger partial charge in [-0.2, -0.15) is 0 Å². The van der Waals surface area contributed by atoms with Crippen LogP contribution in [0.5, 0.6) is 0 Å². The molecule has 0 aliphatic carbocycles. The lowest BCUT2D eigenvalue weighted by molar-refractivity contribution is -0.133. The van der Waals surface area contributed by atoms with Gasteiger partial charge < -0.3 is 9.64 Å². The van der Waals surface area contributed by atoms with Crippen molar-refractivity contribution in [1.82, 2.24) is 10.2 Å². The molecular weight excluding hydrogens is 192 g/mol. The fourth-order valence-electron chi connectivity index (χ4n) is 2.61. The van der Waals surface area contributed by atoms with Gasteiger partial charge in [0, 0.05) is 6.61 Å². The van der Waals surface area contributed by atoms with Crippen molar-refractivity contribution in [3.63, 3.8) is 0 Å². The standard InChI is InChI=1S/C11H20N2O2/c1-4-10-12-7(2)11(14)13(10)9-5-6-15-8(9)3/h7-10,12H,4-6H2,1-3H3. The Hall–Kier alpha value is -0.610. The van der Waals surface area contributed by atoms with Crippen molar-refractivity contribution in [2.24, 2.45) is 0 Å². The lowest BCUT2D eigenvalue weighted by Crippen LogP contribution is -2.47. The van der Waals surface area contributed by atoms with Crippen LogP contribution in [0.4, 0.5) is 0 Å². The fourth-order valence-corrected chi connectivity index (χ4v) is 2.61. The summed E-state index contributed by atoms with van der Waals surface area (Å²) < 4.78 is 5.53. The quantitative estimate of drug-likeness (QED) is 0.733. The van der Waals surface area contributed by atoms with Gasteiger partial charge in [-0.25, -0.2) is 0 Å². The summed E-state index contributed by atoms with van der Waals surface area (Å²) in [4.78, 5) is 14.0. The van der Waals surface area contributed by atoms with Crippen molar-refractivity contribution in [2.45, 2.75) is 58.0 Å². The smallest absolute Gasteiger partial charge is 0.241 e. The molecule has 0 aromatic heterocycles. The third kappa shape index (κ3) is 1.76. The van der Waals surface area contributed by atoms with Crippen molar-refractivity contribution < 1.29 is 9.53 Å². The number of carbonyl (C=O) groups is 1. The van der Waals surface area contributed by atoms with E-state index >= 15 is 0 Å². The van der Waals surface area contributed by atoms with Gasteiger partial charge in [0.2, 0.25) is 5.91 Å². The maximum atomic E-state index is 12.0. The Morgan fingerprint density at radius 1 is 1.53 bits per heavy atom. The number of hydrogen-bond donors (Lipinski definition) is 1. The topological polar surface area (TPSA) is 41.6 Å². The summed E-state index contributed by atoms with van der Waals surface area (Å²) in [5.74, 6) is 0.226. The third-order valence-electron chi connectivity index (χ3n) is 3.48. The van der Waals surface area contributed by atoms with Gasteiger partial charge in [0.1, 0.15) is 0 Å². The summed E-state index contributed by atoms with van der Waals surface area (Å²) in [6.45, 7) is 6.88. The Kier molecular flexibility index (Phi) is 2.98. The molecule has 1 N–H and O–H groups in total. The van der Waals surface area contributed by atoms with Gasteiger partial charge in [-0.3, -0.25) is 10.1 Å². The van der Waals surface area contributed by atoms with Crippen molar-refractivity contribution in [2.75, 3.05) is 6.61 Å². The van der Waals surface area contributed by atoms with E-state index in [9.17, 15) is 4.79 Å². The molecule has 2 fully saturated rings. The highest BCUT2D eigenvalue weighted by molar-refractivity contribution is 5.84. The average molecular weight is 212 g/mol. The molecule has 0 spiro atoms. The second-order valence-electron chi connectivity index (χ2n) is 4.49. The predicted molar refractivity (Wildman–Crippen MR) is 57.3 cm³/mol. The summed E-state index contributed by atoms with van der Waals surface area (Å²) in [6, 6.07) is 0.225. The minimum Gasteiger partial charge on any atom is -0.376 e. The molecule has 2 heterocycles. The molecule has 0 radical (unpaired) electrons. The van der Waals surface area contributed by atoms with Gasteiger partial charge in [0.05, 0.1) is 24.4 Å². The first-order valence-electron chi connectivity index (χ1n) is 5.85. The van der Waals surface area contributed by atoms with E-state index in [-0.39, 0.29) is 30.3 Å². The Bertz CT molecular complexity index is 257. The molecule has 0 saturated carbocycles. The molecule has 2 rings (SSSR count). The number of hydrogen-bond acceptors (Lipinski definition) is 3. The normalized spacial score (nSPS) is 41.5. The second-order valence-corrected chi connectivity index (χ2v) is 4.49. The van der Waals surface area contributed by atoms with Crippen LogP contribution in [0.3, 0.4) is 0 Å². The minimum atomic E-state index is -0.0391. The van der Waals surface area contributed by atoms with E-state index in [1.165, 1.54) is 0 Å². The molecule has 0 aromatic carbocycles. The van der Waals surface area contributed by atoms with Gasteiger partial charge in [-0.1, -0.05) is 6.92 Å². The number of amides is 1. The van der Waals surface area contributed by atoms with E-state index in [0.717, 1.165) is 19.4 Å². The molecule has 4 atom stereocenters. The average Bonchev–Trinajstić information content (AvgIpc) is 2.73. The lowest BCUT2D eigenvalue weighted by atomic mass is 10.1. The van der Waals surface area contributed by atoms with Crippen LogP contribution >= 0.6 is 0 Å². The van der Waals surface area contributed by atoms with Gasteiger partial charge in [-0.15, -0.1) is 0 Å². The number of nitrogens with one attached hydrogen (secondary N) is 1. The van der Waals surface area contributed by atoms with Gasteiger partial charge in [0.15, 0.2) is 0 Å². The second kappa shape index (κ2) is 4.10. The zero-order chi connectivity index (χ0) is 11.0. The van der Waals surface area contributed by atoms with Crippen LogP contribution in [-0.2, 0) is 9.53 Å². The van der Waals surface area contributed by atoms with Gasteiger partial charge >= 0.3 is 0 Å². The van der Waals surface area contributed by atoms with Gasteiger partial charge in [0.25, 0.3) is 0 Å². The van der Waals surface area contributed by atoms with E-state index in [1.54, 1.807) is 0 Å². The summed E-state index contributed by atoms with van der Waals surface area (Å²) in [7, 11) is 0. The molecule has 0 bridgehead atoms. The molecular formula is C11H20N2O2. The Morgan fingerprint density at radius 2 is 2.27 bits per heavy atom. The molecule has 0 aromatic rings. The monoisotopic (exact) mass is 212 g/mol. The minimum absolute atomic E-state index is 0.0391. The van der Waals surface area contributed by atoms with E-state index in [1.807, 2.05) is 11.8 Å². The molecule has 15 heavy (non-hydrogen) atoms. The van der Waals surface area contributed by atoms with Crippen LogP contribution in [0.1, 0.15) is 33.6 Å². The number of ether oxygens (including phenoxy) is 1. The van der Waals surface area contributed by atoms with Gasteiger partial charge in [-0.05, 0) is 26.7 Å². The van der Waals surface area contributed by atoms with E-state index in [0.29, 0.717) is 0 Å². The van der Waals surface area contributed by atoms with Crippen molar-refractivity contribution in [3.8, 4) is 0 Å². The largest absolute Gasteiger partial charge is 0.376 e. The van der Waals surface area contributed by atoms with Crippen molar-refractivity contribution in [3.05, 3.63) is 0 Å². The summed E-state index contributed by atoms with van der Waals surface area (Å²) in [5.41, 5.74) is 0. The zero-order valence-corrected chi connectivity index (χ0v) is 9.69. The maximum absolute atomic E-state index is 12.0. The Balaban J connectivity index is 2.14. The Morgan fingerprint density at radius 3 is 2.80 bits per heavy atom. The summed E-state index contributed by atoms with van der Waals surface area (Å²) in [6.07, 6.45) is 2.30. The van der Waals surface area contributed by atoms with E-state index < -0.39 is 0 Å². The first-order chi connectivity index (χ1) is 7.15. The van der Waals surface area contributed by atoms with Crippen LogP contribution in [0.2, 0.25) is 0 Å². The number of nitrogens with zero attached hydrogens (tertiary/aromatic N) is 1. The van der Waals surface area contributed by atoms with E-state index in [4.69, 9.17) is 4.74 Å². The van der Waals surface area contributed by atoms with Crippen LogP contribution in [0.15, 0.2) is 0 Å². The molecule has 4 unspecified atom stereocenters. The number of rotatable bonds is 2. The maximum Gasteiger partial charge on any atom is 0.241 e. The summed E-state index contributed by atoms with van der Waals surface area (Å²) >= 11 is 0. The molecule has 4 nitrogen and oxygen atoms in total. The van der Waals surface area contributed by atoms with Crippen LogP contribution in [0.25, 0.3) is 0 Å². The lowest BCUT2D eigenvalue weighted by Gasteiger charge is -2.31. The highest BCUT2D eigenvalue weighted by Crippen LogP contribution is 2.26. The van der Waals surface area contributed by atoms with Crippen molar-refractivity contribution >= 4 is 5.91 Å². The molecule has 86 valence electrons. The first-order valence-corrected chi connectivity index (χ1v) is 5.85. The molecule has 1 amide bonds. The van der Waals surface area contributed by atoms with E-state index in [2.05, 4.69) is 19.2 Å². The predicted octanol–water partition coefficient (Wildman–Crippen LogP) is 0.720. The van der Waals surface area contributed by atoms with Crippen LogP contribution in [-0.4, -0.2) is 41.8 Å². The van der Waals surface area contributed by atoms with Crippen LogP contribution < -0.4 is 5.32 Å². The Labute approximate surface area is 91.0 Å². The third-order valence-corrected chi connectivity index (χ3v) is 3.48. The van der Waals surface area contributed by atoms with Crippen LogP contribution in [0, 0.1) is 0 Å². The first kappa shape index (κ1) is 10.9. The molecule has 2 aliphatic rings. The zero-order valence-electron chi connectivity index (χ0n) is 9.69. The fraction of sp³-hybridized carbons (Fsp3) is 0.909. The molecule has 2 aliphatic heterocycles.